The van der Waals surface area contributed by atoms with Crippen LogP contribution in [0.4, 0.5) is 0 Å². The molecule has 0 spiro atoms. The fraction of sp³-hybridized carbons (Fsp3) is 0.462. The first kappa shape index (κ1) is 12.3. The molecule has 2 N–H and O–H groups in total. The van der Waals surface area contributed by atoms with Crippen molar-refractivity contribution in [1.82, 2.24) is 9.88 Å². The number of nitrogens with two attached hydrogens (primary N) is 1. The van der Waals surface area contributed by atoms with Crippen LogP contribution in [0.2, 0.25) is 0 Å². The van der Waals surface area contributed by atoms with Crippen molar-refractivity contribution in [1.29, 1.82) is 0 Å². The number of aromatic nitrogens is 1. The Balaban J connectivity index is 1.63. The molecule has 3 rings (SSSR count). The quantitative estimate of drug-likeness (QED) is 0.933. The smallest absolute Gasteiger partial charge is 0.0941 e. The first-order valence-electron chi connectivity index (χ1n) is 6.26. The van der Waals surface area contributed by atoms with Crippen LogP contribution in [0.25, 0.3) is 0 Å². The average molecular weight is 279 g/mol. The fourth-order valence-corrected chi connectivity index (χ4v) is 4.03. The summed E-state index contributed by atoms with van der Waals surface area (Å²) in [4.78, 5) is 8.68. The molecule has 3 nitrogen and oxygen atoms in total. The number of thiophene rings is 1. The zero-order chi connectivity index (χ0) is 12.4. The van der Waals surface area contributed by atoms with E-state index in [0.717, 1.165) is 26.1 Å². The Morgan fingerprint density at radius 3 is 3.22 bits per heavy atom. The summed E-state index contributed by atoms with van der Waals surface area (Å²) in [7, 11) is 0. The maximum Gasteiger partial charge on any atom is 0.0941 e. The molecule has 0 unspecified atom stereocenters. The van der Waals surface area contributed by atoms with Crippen molar-refractivity contribution in [2.75, 3.05) is 13.1 Å². The minimum Gasteiger partial charge on any atom is -0.330 e. The van der Waals surface area contributed by atoms with E-state index in [0.29, 0.717) is 6.54 Å². The molecule has 0 saturated carbocycles. The molecule has 0 aliphatic carbocycles. The van der Waals surface area contributed by atoms with E-state index in [-0.39, 0.29) is 0 Å². The Morgan fingerprint density at radius 1 is 1.39 bits per heavy atom. The minimum absolute atomic E-state index is 0.689. The molecule has 5 heteroatoms. The van der Waals surface area contributed by atoms with Crippen LogP contribution >= 0.6 is 22.7 Å². The second-order valence-electron chi connectivity index (χ2n) is 4.60. The number of fused-ring (bicyclic) bond motifs is 1. The van der Waals surface area contributed by atoms with Crippen LogP contribution in [0.3, 0.4) is 0 Å². The third-order valence-corrected chi connectivity index (χ3v) is 5.21. The predicted octanol–water partition coefficient (Wildman–Crippen LogP) is 2.26. The van der Waals surface area contributed by atoms with E-state index in [1.165, 1.54) is 22.7 Å². The normalized spacial score (nSPS) is 15.8. The second-order valence-corrected chi connectivity index (χ2v) is 6.54. The Hall–Kier alpha value is -0.750. The van der Waals surface area contributed by atoms with E-state index in [1.54, 1.807) is 16.2 Å². The number of hydrogen-bond donors (Lipinski definition) is 1. The summed E-state index contributed by atoms with van der Waals surface area (Å²) < 4.78 is 0. The Labute approximate surface area is 115 Å². The lowest BCUT2D eigenvalue weighted by Crippen LogP contribution is -2.29. The van der Waals surface area contributed by atoms with Crippen molar-refractivity contribution in [3.63, 3.8) is 0 Å². The van der Waals surface area contributed by atoms with E-state index in [9.17, 15) is 0 Å². The van der Waals surface area contributed by atoms with E-state index in [2.05, 4.69) is 26.7 Å². The van der Waals surface area contributed by atoms with Gasteiger partial charge in [0, 0.05) is 36.3 Å². The van der Waals surface area contributed by atoms with Crippen LogP contribution in [0.5, 0.6) is 0 Å². The molecular weight excluding hydrogens is 262 g/mol. The summed E-state index contributed by atoms with van der Waals surface area (Å²) in [5.41, 5.74) is 8.25. The second kappa shape index (κ2) is 5.48. The molecule has 0 amide bonds. The van der Waals surface area contributed by atoms with Gasteiger partial charge < -0.3 is 5.73 Å². The molecule has 96 valence electrons. The van der Waals surface area contributed by atoms with Gasteiger partial charge in [0.1, 0.15) is 0 Å². The summed E-state index contributed by atoms with van der Waals surface area (Å²) in [6.07, 6.45) is 2.09. The molecule has 18 heavy (non-hydrogen) atoms. The summed E-state index contributed by atoms with van der Waals surface area (Å²) in [5, 5.41) is 5.55. The molecule has 0 aromatic carbocycles. The van der Waals surface area contributed by atoms with Crippen molar-refractivity contribution < 1.29 is 0 Å². The predicted molar refractivity (Wildman–Crippen MR) is 77.0 cm³/mol. The highest BCUT2D eigenvalue weighted by Crippen LogP contribution is 2.25. The molecule has 1 aliphatic heterocycles. The van der Waals surface area contributed by atoms with Gasteiger partial charge in [0.2, 0.25) is 0 Å². The maximum absolute atomic E-state index is 5.55. The van der Waals surface area contributed by atoms with Crippen LogP contribution in [-0.4, -0.2) is 23.0 Å². The van der Waals surface area contributed by atoms with Crippen LogP contribution in [0.1, 0.15) is 21.1 Å². The van der Waals surface area contributed by atoms with Gasteiger partial charge in [0.05, 0.1) is 10.7 Å². The minimum atomic E-state index is 0.689. The third-order valence-electron chi connectivity index (χ3n) is 3.23. The molecule has 1 aliphatic rings. The van der Waals surface area contributed by atoms with Crippen LogP contribution in [-0.2, 0) is 25.9 Å². The highest BCUT2D eigenvalue weighted by atomic mass is 32.1. The average Bonchev–Trinajstić information content (AvgIpc) is 2.98. The van der Waals surface area contributed by atoms with E-state index < -0.39 is 0 Å². The molecule has 0 radical (unpaired) electrons. The van der Waals surface area contributed by atoms with Gasteiger partial charge in [0.25, 0.3) is 0 Å². The number of rotatable bonds is 4. The van der Waals surface area contributed by atoms with Crippen LogP contribution in [0.15, 0.2) is 16.8 Å². The highest BCUT2D eigenvalue weighted by Gasteiger charge is 2.17. The van der Waals surface area contributed by atoms with Gasteiger partial charge in [-0.2, -0.15) is 0 Å². The van der Waals surface area contributed by atoms with Crippen molar-refractivity contribution >= 4 is 22.7 Å². The van der Waals surface area contributed by atoms with Crippen molar-refractivity contribution in [3.05, 3.63) is 38.0 Å². The molecule has 0 atom stereocenters. The first-order valence-corrected chi connectivity index (χ1v) is 8.02. The molecule has 2 aromatic heterocycles. The summed E-state index contributed by atoms with van der Waals surface area (Å²) in [6.45, 7) is 3.88. The van der Waals surface area contributed by atoms with Crippen molar-refractivity contribution in [3.8, 4) is 0 Å². The topological polar surface area (TPSA) is 42.1 Å². The number of nitrogens with zero attached hydrogens (tertiary/aromatic N) is 2. The SMILES string of the molecule is NCCc1nc(CN2CCc3sccc3C2)cs1. The third kappa shape index (κ3) is 2.64. The number of hydrogen-bond acceptors (Lipinski definition) is 5. The largest absolute Gasteiger partial charge is 0.330 e. The van der Waals surface area contributed by atoms with Gasteiger partial charge in [-0.05, 0) is 30.0 Å². The molecule has 0 fully saturated rings. The van der Waals surface area contributed by atoms with Gasteiger partial charge in [-0.3, -0.25) is 4.90 Å². The zero-order valence-electron chi connectivity index (χ0n) is 10.3. The lowest BCUT2D eigenvalue weighted by Gasteiger charge is -2.25. The molecule has 0 bridgehead atoms. The zero-order valence-corrected chi connectivity index (χ0v) is 11.9. The van der Waals surface area contributed by atoms with E-state index >= 15 is 0 Å². The number of thiazole rings is 1. The summed E-state index contributed by atoms with van der Waals surface area (Å²) in [5.74, 6) is 0. The van der Waals surface area contributed by atoms with Gasteiger partial charge in [-0.1, -0.05) is 0 Å². The van der Waals surface area contributed by atoms with Gasteiger partial charge in [-0.15, -0.1) is 22.7 Å². The maximum atomic E-state index is 5.55. The summed E-state index contributed by atoms with van der Waals surface area (Å²) in [6, 6.07) is 2.26. The molecule has 0 saturated heterocycles. The van der Waals surface area contributed by atoms with Crippen LogP contribution < -0.4 is 5.73 Å². The molecule has 2 aromatic rings. The Morgan fingerprint density at radius 2 is 2.33 bits per heavy atom. The highest BCUT2D eigenvalue weighted by molar-refractivity contribution is 7.10. The first-order chi connectivity index (χ1) is 8.85. The van der Waals surface area contributed by atoms with E-state index in [1.807, 2.05) is 11.3 Å². The van der Waals surface area contributed by atoms with Gasteiger partial charge in [0.15, 0.2) is 0 Å². The van der Waals surface area contributed by atoms with E-state index in [4.69, 9.17) is 5.73 Å². The molecular formula is C13H17N3S2. The van der Waals surface area contributed by atoms with Crippen molar-refractivity contribution in [2.45, 2.75) is 25.9 Å². The Kier molecular flexibility index (Phi) is 3.75. The lowest BCUT2D eigenvalue weighted by molar-refractivity contribution is 0.245. The molecule has 3 heterocycles. The summed E-state index contributed by atoms with van der Waals surface area (Å²) >= 11 is 3.62. The van der Waals surface area contributed by atoms with Crippen LogP contribution in [0, 0.1) is 0 Å². The van der Waals surface area contributed by atoms with Crippen molar-refractivity contribution in [2.24, 2.45) is 5.73 Å². The fourth-order valence-electron chi connectivity index (χ4n) is 2.33. The van der Waals surface area contributed by atoms with Gasteiger partial charge >= 0.3 is 0 Å². The lowest BCUT2D eigenvalue weighted by atomic mass is 10.1. The monoisotopic (exact) mass is 279 g/mol. The Bertz CT molecular complexity index is 518. The van der Waals surface area contributed by atoms with Gasteiger partial charge in [-0.25, -0.2) is 4.98 Å². The standard InChI is InChI=1S/C13H17N3S2/c14-4-1-13-15-11(9-18-13)8-16-5-2-12-10(7-16)3-6-17-12/h3,6,9H,1-2,4-5,7-8,14H2.